The number of anilines is 2. The van der Waals surface area contributed by atoms with E-state index in [9.17, 15) is 18.0 Å². The Morgan fingerprint density at radius 3 is 2.42 bits per heavy atom. The van der Waals surface area contributed by atoms with E-state index in [2.05, 4.69) is 20.0 Å². The molecule has 0 fully saturated rings. The summed E-state index contributed by atoms with van der Waals surface area (Å²) in [6, 6.07) is 6.72. The summed E-state index contributed by atoms with van der Waals surface area (Å²) in [4.78, 5) is 32.6. The number of imide groups is 1. The maximum absolute atomic E-state index is 12.7. The number of nitrogens with one attached hydrogen (secondary N) is 2. The van der Waals surface area contributed by atoms with E-state index >= 15 is 0 Å². The van der Waals surface area contributed by atoms with Gasteiger partial charge in [-0.25, -0.2) is 8.42 Å². The molecule has 1 aliphatic rings. The lowest BCUT2D eigenvalue weighted by molar-refractivity contribution is -0.137. The van der Waals surface area contributed by atoms with Crippen molar-refractivity contribution in [3.63, 3.8) is 0 Å². The number of nitrogens with zero attached hydrogens (tertiary/aromatic N) is 3. The molecule has 164 valence electrons. The molecule has 0 radical (unpaired) electrons. The first-order valence-corrected chi connectivity index (χ1v) is 10.3. The highest BCUT2D eigenvalue weighted by atomic mass is 32.2. The molecule has 0 atom stereocenters. The third-order valence-electron chi connectivity index (χ3n) is 4.09. The Bertz CT molecular complexity index is 1110. The molecule has 2 amide bonds. The second kappa shape index (κ2) is 8.97. The number of carbonyl (C=O) groups is 2. The molecule has 1 aromatic heterocycles. The molecule has 2 heterocycles. The number of sulfonamides is 1. The average Bonchev–Trinajstić information content (AvgIpc) is 3.01. The normalized spacial score (nSPS) is 13.8. The summed E-state index contributed by atoms with van der Waals surface area (Å²) in [5.74, 6) is -1.05. The van der Waals surface area contributed by atoms with Crippen LogP contribution in [0.5, 0.6) is 11.9 Å². The van der Waals surface area contributed by atoms with Gasteiger partial charge in [0.1, 0.15) is 5.70 Å². The van der Waals surface area contributed by atoms with E-state index in [1.54, 1.807) is 0 Å². The number of aliphatic hydroxyl groups excluding tert-OH is 1. The summed E-state index contributed by atoms with van der Waals surface area (Å²) in [5.41, 5.74) is 0.412. The molecule has 31 heavy (non-hydrogen) atoms. The van der Waals surface area contributed by atoms with E-state index in [0.29, 0.717) is 5.69 Å². The standard InChI is InChI=1S/C18H19N5O7S/c1-29-15-10-14(20-18(21-15)30-2)22-31(27,28)12-5-3-11(4-6-12)19-13-9-16(25)23(7-8-24)17(13)26/h3-6,9-10,19,24H,7-8H2,1-2H3,(H,20,21,22). The first-order valence-electron chi connectivity index (χ1n) is 8.82. The molecule has 3 N–H and O–H groups in total. The Kier molecular flexibility index (Phi) is 6.36. The molecular weight excluding hydrogens is 430 g/mol. The number of β-amino-alcohol motifs (C(OH)–C–C–N with tert-alkyl or cyclic N) is 1. The summed E-state index contributed by atoms with van der Waals surface area (Å²) in [5, 5.41) is 11.7. The summed E-state index contributed by atoms with van der Waals surface area (Å²) >= 11 is 0. The van der Waals surface area contributed by atoms with E-state index in [1.807, 2.05) is 0 Å². The Balaban J connectivity index is 1.74. The van der Waals surface area contributed by atoms with Crippen LogP contribution in [0.25, 0.3) is 0 Å². The molecule has 0 saturated heterocycles. The van der Waals surface area contributed by atoms with Crippen LogP contribution in [0.15, 0.2) is 47.0 Å². The van der Waals surface area contributed by atoms with E-state index in [4.69, 9.17) is 14.6 Å². The largest absolute Gasteiger partial charge is 0.481 e. The van der Waals surface area contributed by atoms with Crippen LogP contribution in [-0.4, -0.2) is 67.6 Å². The molecule has 1 aromatic carbocycles. The van der Waals surface area contributed by atoms with Gasteiger partial charge >= 0.3 is 6.01 Å². The van der Waals surface area contributed by atoms with Crippen molar-refractivity contribution in [3.8, 4) is 11.9 Å². The third-order valence-corrected chi connectivity index (χ3v) is 5.46. The number of rotatable bonds is 9. The molecule has 12 nitrogen and oxygen atoms in total. The summed E-state index contributed by atoms with van der Waals surface area (Å²) in [6.07, 6.45) is 1.11. The van der Waals surface area contributed by atoms with Gasteiger partial charge in [-0.1, -0.05) is 0 Å². The number of hydrogen-bond donors (Lipinski definition) is 3. The monoisotopic (exact) mass is 449 g/mol. The van der Waals surface area contributed by atoms with Crippen LogP contribution in [0.4, 0.5) is 11.5 Å². The summed E-state index contributed by atoms with van der Waals surface area (Å²) in [7, 11) is -1.29. The van der Waals surface area contributed by atoms with Gasteiger partial charge in [0.15, 0.2) is 5.82 Å². The lowest BCUT2D eigenvalue weighted by atomic mass is 10.3. The van der Waals surface area contributed by atoms with E-state index in [-0.39, 0.29) is 41.5 Å². The quantitative estimate of drug-likeness (QED) is 0.443. The van der Waals surface area contributed by atoms with Crippen molar-refractivity contribution in [1.82, 2.24) is 14.9 Å². The van der Waals surface area contributed by atoms with Crippen LogP contribution in [0.2, 0.25) is 0 Å². The zero-order chi connectivity index (χ0) is 22.6. The first kappa shape index (κ1) is 22.0. The topological polar surface area (TPSA) is 160 Å². The highest BCUT2D eigenvalue weighted by Crippen LogP contribution is 2.23. The molecule has 0 spiro atoms. The highest BCUT2D eigenvalue weighted by Gasteiger charge is 2.30. The SMILES string of the molecule is COc1cc(NS(=O)(=O)c2ccc(NC3=CC(=O)N(CCO)C3=O)cc2)nc(OC)n1. The number of amides is 2. The van der Waals surface area contributed by atoms with Crippen molar-refractivity contribution in [2.75, 3.05) is 37.4 Å². The molecule has 0 unspecified atom stereocenters. The van der Waals surface area contributed by atoms with Gasteiger partial charge in [-0.05, 0) is 24.3 Å². The zero-order valence-electron chi connectivity index (χ0n) is 16.5. The molecule has 0 bridgehead atoms. The molecule has 1 aliphatic heterocycles. The maximum atomic E-state index is 12.7. The first-order chi connectivity index (χ1) is 14.8. The fourth-order valence-electron chi connectivity index (χ4n) is 2.63. The Morgan fingerprint density at radius 2 is 1.81 bits per heavy atom. The van der Waals surface area contributed by atoms with Crippen LogP contribution in [0, 0.1) is 0 Å². The lowest BCUT2D eigenvalue weighted by Crippen LogP contribution is -2.34. The van der Waals surface area contributed by atoms with Crippen LogP contribution >= 0.6 is 0 Å². The molecular formula is C18H19N5O7S. The number of carbonyl (C=O) groups excluding carboxylic acids is 2. The summed E-state index contributed by atoms with van der Waals surface area (Å²) < 4.78 is 37.5. The molecule has 0 saturated carbocycles. The zero-order valence-corrected chi connectivity index (χ0v) is 17.3. The van der Waals surface area contributed by atoms with E-state index in [1.165, 1.54) is 44.6 Å². The number of aromatic nitrogens is 2. The number of aliphatic hydroxyl groups is 1. The molecule has 0 aliphatic carbocycles. The minimum atomic E-state index is -3.99. The van der Waals surface area contributed by atoms with E-state index < -0.39 is 21.8 Å². The van der Waals surface area contributed by atoms with Crippen LogP contribution < -0.4 is 19.5 Å². The van der Waals surface area contributed by atoms with Gasteiger partial charge in [0.25, 0.3) is 21.8 Å². The predicted molar refractivity (Wildman–Crippen MR) is 108 cm³/mol. The molecule has 3 rings (SSSR count). The molecule has 2 aromatic rings. The summed E-state index contributed by atoms with van der Waals surface area (Å²) in [6.45, 7) is -0.455. The van der Waals surface area contributed by atoms with Crippen molar-refractivity contribution in [3.05, 3.63) is 42.1 Å². The van der Waals surface area contributed by atoms with Crippen LogP contribution in [0.1, 0.15) is 0 Å². The van der Waals surface area contributed by atoms with Crippen LogP contribution in [-0.2, 0) is 19.6 Å². The number of ether oxygens (including phenoxy) is 2. The van der Waals surface area contributed by atoms with Crippen molar-refractivity contribution >= 4 is 33.3 Å². The highest BCUT2D eigenvalue weighted by molar-refractivity contribution is 7.92. The van der Waals surface area contributed by atoms with Crippen LogP contribution in [0.3, 0.4) is 0 Å². The van der Waals surface area contributed by atoms with Gasteiger partial charge in [-0.2, -0.15) is 9.97 Å². The number of benzene rings is 1. The fourth-order valence-corrected chi connectivity index (χ4v) is 3.62. The van der Waals surface area contributed by atoms with E-state index in [0.717, 1.165) is 11.0 Å². The van der Waals surface area contributed by atoms with Gasteiger partial charge < -0.3 is 19.9 Å². The smallest absolute Gasteiger partial charge is 0.321 e. The Labute approximate surface area is 177 Å². The van der Waals surface area contributed by atoms with Gasteiger partial charge in [0.2, 0.25) is 5.88 Å². The van der Waals surface area contributed by atoms with Crippen molar-refractivity contribution in [1.29, 1.82) is 0 Å². The van der Waals surface area contributed by atoms with Crippen molar-refractivity contribution in [2.45, 2.75) is 4.90 Å². The van der Waals surface area contributed by atoms with Gasteiger partial charge in [0.05, 0.1) is 32.3 Å². The minimum Gasteiger partial charge on any atom is -0.481 e. The third kappa shape index (κ3) is 4.90. The van der Waals surface area contributed by atoms with Crippen molar-refractivity contribution < 1.29 is 32.6 Å². The molecule has 13 heteroatoms. The maximum Gasteiger partial charge on any atom is 0.321 e. The predicted octanol–water partition coefficient (Wildman–Crippen LogP) is -0.0485. The number of hydrogen-bond acceptors (Lipinski definition) is 10. The van der Waals surface area contributed by atoms with Gasteiger partial charge in [-0.3, -0.25) is 19.2 Å². The Morgan fingerprint density at radius 1 is 1.10 bits per heavy atom. The second-order valence-electron chi connectivity index (χ2n) is 6.11. The number of methoxy groups -OCH3 is 2. The average molecular weight is 449 g/mol. The van der Waals surface area contributed by atoms with Gasteiger partial charge in [0, 0.05) is 17.8 Å². The minimum absolute atomic E-state index is 0.0207. The van der Waals surface area contributed by atoms with Crippen molar-refractivity contribution in [2.24, 2.45) is 0 Å². The Hall–Kier alpha value is -3.71. The van der Waals surface area contributed by atoms with Gasteiger partial charge in [-0.15, -0.1) is 0 Å². The second-order valence-corrected chi connectivity index (χ2v) is 7.80. The lowest BCUT2D eigenvalue weighted by Gasteiger charge is -2.13. The fraction of sp³-hybridized carbons (Fsp3) is 0.222.